The maximum absolute atomic E-state index is 13.7. The van der Waals surface area contributed by atoms with Crippen molar-refractivity contribution < 1.29 is 28.2 Å². The van der Waals surface area contributed by atoms with Gasteiger partial charge in [-0.2, -0.15) is 4.99 Å². The Bertz CT molecular complexity index is 1410. The van der Waals surface area contributed by atoms with Crippen molar-refractivity contribution >= 4 is 67.4 Å². The van der Waals surface area contributed by atoms with E-state index in [4.69, 9.17) is 9.47 Å². The third kappa shape index (κ3) is 7.56. The molecule has 3 aromatic rings. The van der Waals surface area contributed by atoms with Gasteiger partial charge in [-0.3, -0.25) is 9.59 Å². The number of ether oxygens (including phenoxy) is 2. The third-order valence-electron chi connectivity index (χ3n) is 6.14. The first-order valence-electron chi connectivity index (χ1n) is 13.0. The highest BCUT2D eigenvalue weighted by Crippen LogP contribution is 2.38. The quantitative estimate of drug-likeness (QED) is 0.187. The number of hydrogen-bond acceptors (Lipinski definition) is 8. The first-order chi connectivity index (χ1) is 18.9. The molecule has 12 heteroatoms. The maximum atomic E-state index is 13.7. The summed E-state index contributed by atoms with van der Waals surface area (Å²) in [6.07, 6.45) is 4.87. The molecule has 1 aliphatic carbocycles. The number of nitrogens with zero attached hydrogens (tertiary/aromatic N) is 2. The lowest BCUT2D eigenvalue weighted by atomic mass is 10.1. The lowest BCUT2D eigenvalue weighted by Crippen LogP contribution is -2.21. The molecule has 0 spiro atoms. The van der Waals surface area contributed by atoms with E-state index >= 15 is 0 Å². The van der Waals surface area contributed by atoms with Crippen molar-refractivity contribution in [1.82, 2.24) is 4.57 Å². The summed E-state index contributed by atoms with van der Waals surface area (Å²) < 4.78 is 27.0. The van der Waals surface area contributed by atoms with Gasteiger partial charge in [-0.25, -0.2) is 9.18 Å². The van der Waals surface area contributed by atoms with Crippen LogP contribution in [0.3, 0.4) is 0 Å². The van der Waals surface area contributed by atoms with Gasteiger partial charge in [-0.05, 0) is 63.3 Å². The van der Waals surface area contributed by atoms with E-state index in [0.717, 1.165) is 59.8 Å². The number of aromatic nitrogens is 1. The van der Waals surface area contributed by atoms with Crippen LogP contribution in [0.25, 0.3) is 10.2 Å². The summed E-state index contributed by atoms with van der Waals surface area (Å²) in [5.41, 5.74) is 2.25. The van der Waals surface area contributed by atoms with E-state index < -0.39 is 5.97 Å². The molecule has 210 valence electrons. The van der Waals surface area contributed by atoms with E-state index in [-0.39, 0.29) is 35.7 Å². The Morgan fingerprint density at radius 1 is 1.10 bits per heavy atom. The molecule has 0 atom stereocenters. The Balaban J connectivity index is 1.41. The highest BCUT2D eigenvalue weighted by Gasteiger charge is 2.26. The van der Waals surface area contributed by atoms with Gasteiger partial charge >= 0.3 is 5.97 Å². The number of aryl methyl sites for hydroxylation is 1. The minimum absolute atomic E-state index is 0.00710. The number of carbonyl (C=O) groups is 3. The molecule has 2 aromatic heterocycles. The summed E-state index contributed by atoms with van der Waals surface area (Å²) in [5, 5.41) is 3.40. The SMILES string of the molecule is CCOCCn1c(=NC(=O)CSCC(=O)Nc2sc3c(c2C(=O)OCC)CCCCC3)sc2cc(F)ccc21. The molecule has 2 amide bonds. The predicted molar refractivity (Wildman–Crippen MR) is 154 cm³/mol. The molecular weight excluding hydrogens is 562 g/mol. The Hall–Kier alpha value is -2.54. The number of esters is 1. The molecule has 0 aliphatic heterocycles. The average Bonchev–Trinajstić information content (AvgIpc) is 3.30. The molecule has 0 saturated carbocycles. The van der Waals surface area contributed by atoms with Crippen LogP contribution >= 0.6 is 34.4 Å². The van der Waals surface area contributed by atoms with Gasteiger partial charge in [-0.1, -0.05) is 17.8 Å². The van der Waals surface area contributed by atoms with Crippen LogP contribution in [0, 0.1) is 5.82 Å². The van der Waals surface area contributed by atoms with Crippen LogP contribution in [-0.2, 0) is 38.4 Å². The van der Waals surface area contributed by atoms with Gasteiger partial charge in [0.2, 0.25) is 5.91 Å². The summed E-state index contributed by atoms with van der Waals surface area (Å²) >= 11 is 3.83. The molecule has 0 unspecified atom stereocenters. The van der Waals surface area contributed by atoms with E-state index in [1.807, 2.05) is 11.5 Å². The first kappa shape index (κ1) is 29.4. The lowest BCUT2D eigenvalue weighted by molar-refractivity contribution is -0.115. The normalized spacial score (nSPS) is 13.8. The highest BCUT2D eigenvalue weighted by molar-refractivity contribution is 8.00. The molecule has 0 bridgehead atoms. The molecule has 0 fully saturated rings. The number of thioether (sulfide) groups is 1. The summed E-state index contributed by atoms with van der Waals surface area (Å²) in [5.74, 6) is -1.40. The second-order valence-corrected chi connectivity index (χ2v) is 12.0. The molecule has 0 saturated heterocycles. The van der Waals surface area contributed by atoms with Crippen LogP contribution in [0.15, 0.2) is 23.2 Å². The smallest absolute Gasteiger partial charge is 0.341 e. The predicted octanol–water partition coefficient (Wildman–Crippen LogP) is 5.18. The fraction of sp³-hybridized carbons (Fsp3) is 0.481. The van der Waals surface area contributed by atoms with Gasteiger partial charge in [0.1, 0.15) is 10.8 Å². The van der Waals surface area contributed by atoms with E-state index in [9.17, 15) is 18.8 Å². The van der Waals surface area contributed by atoms with Gasteiger partial charge in [0.25, 0.3) is 5.91 Å². The number of hydrogen-bond donors (Lipinski definition) is 1. The fourth-order valence-corrected chi connectivity index (χ4v) is 7.42. The first-order valence-corrected chi connectivity index (χ1v) is 15.8. The van der Waals surface area contributed by atoms with E-state index in [1.54, 1.807) is 13.0 Å². The van der Waals surface area contributed by atoms with Gasteiger partial charge in [0.15, 0.2) is 4.80 Å². The number of halogens is 1. The highest BCUT2D eigenvalue weighted by atomic mass is 32.2. The number of anilines is 1. The average molecular weight is 594 g/mol. The van der Waals surface area contributed by atoms with Crippen LogP contribution in [0.4, 0.5) is 9.39 Å². The summed E-state index contributed by atoms with van der Waals surface area (Å²) in [6.45, 7) is 5.41. The van der Waals surface area contributed by atoms with Crippen molar-refractivity contribution in [2.24, 2.45) is 4.99 Å². The number of rotatable bonds is 11. The zero-order valence-corrected chi connectivity index (χ0v) is 24.5. The van der Waals surface area contributed by atoms with E-state index in [2.05, 4.69) is 10.3 Å². The second-order valence-electron chi connectivity index (χ2n) is 8.88. The van der Waals surface area contributed by atoms with Gasteiger partial charge in [0.05, 0.1) is 40.5 Å². The number of nitrogens with one attached hydrogen (secondary N) is 1. The standard InChI is InChI=1S/C27H32FN3O5S3/c1-3-35-13-12-31-19-11-10-17(28)14-21(19)39-27(31)30-23(33)16-37-15-22(32)29-25-24(26(34)36-4-2)18-8-6-5-7-9-20(18)38-25/h10-11,14H,3-9,12-13,15-16H2,1-2H3,(H,29,32). The Labute approximate surface area is 238 Å². The van der Waals surface area contributed by atoms with Crippen molar-refractivity contribution in [3.05, 3.63) is 44.8 Å². The van der Waals surface area contributed by atoms with Crippen LogP contribution in [0.5, 0.6) is 0 Å². The molecule has 1 N–H and O–H groups in total. The molecule has 0 radical (unpaired) electrons. The zero-order valence-electron chi connectivity index (χ0n) is 22.0. The van der Waals surface area contributed by atoms with Crippen LogP contribution < -0.4 is 10.1 Å². The number of amides is 2. The zero-order chi connectivity index (χ0) is 27.8. The summed E-state index contributed by atoms with van der Waals surface area (Å²) in [6, 6.07) is 4.48. The molecule has 2 heterocycles. The number of thiazole rings is 1. The summed E-state index contributed by atoms with van der Waals surface area (Å²) in [7, 11) is 0. The topological polar surface area (TPSA) is 99.0 Å². The minimum atomic E-state index is -0.408. The van der Waals surface area contributed by atoms with Crippen LogP contribution in [0.2, 0.25) is 0 Å². The number of benzene rings is 1. The molecule has 4 rings (SSSR count). The van der Waals surface area contributed by atoms with Crippen molar-refractivity contribution in [2.45, 2.75) is 52.5 Å². The largest absolute Gasteiger partial charge is 0.462 e. The van der Waals surface area contributed by atoms with Crippen molar-refractivity contribution in [3.8, 4) is 0 Å². The maximum Gasteiger partial charge on any atom is 0.341 e. The van der Waals surface area contributed by atoms with Crippen LogP contribution in [0.1, 0.15) is 53.9 Å². The van der Waals surface area contributed by atoms with E-state index in [1.165, 1.54) is 34.8 Å². The Morgan fingerprint density at radius 3 is 2.72 bits per heavy atom. The monoisotopic (exact) mass is 593 g/mol. The Morgan fingerprint density at radius 2 is 1.92 bits per heavy atom. The van der Waals surface area contributed by atoms with Crippen LogP contribution in [-0.4, -0.2) is 53.7 Å². The molecule has 1 aromatic carbocycles. The molecule has 8 nitrogen and oxygen atoms in total. The Kier molecular flexibility index (Phi) is 10.7. The second kappa shape index (κ2) is 14.2. The van der Waals surface area contributed by atoms with Crippen molar-refractivity contribution in [3.63, 3.8) is 0 Å². The van der Waals surface area contributed by atoms with Gasteiger partial charge in [-0.15, -0.1) is 23.1 Å². The molecular formula is C27H32FN3O5S3. The molecule has 39 heavy (non-hydrogen) atoms. The van der Waals surface area contributed by atoms with Crippen molar-refractivity contribution in [1.29, 1.82) is 0 Å². The van der Waals surface area contributed by atoms with Gasteiger partial charge < -0.3 is 19.4 Å². The van der Waals surface area contributed by atoms with Crippen molar-refractivity contribution in [2.75, 3.05) is 36.6 Å². The number of carbonyl (C=O) groups excluding carboxylic acids is 3. The van der Waals surface area contributed by atoms with E-state index in [0.29, 0.717) is 39.8 Å². The third-order valence-corrected chi connectivity index (χ3v) is 9.31. The lowest BCUT2D eigenvalue weighted by Gasteiger charge is -2.08. The summed E-state index contributed by atoms with van der Waals surface area (Å²) in [4.78, 5) is 44.0. The van der Waals surface area contributed by atoms with Gasteiger partial charge in [0, 0.05) is 18.0 Å². The minimum Gasteiger partial charge on any atom is -0.462 e. The number of fused-ring (bicyclic) bond motifs is 2. The molecule has 1 aliphatic rings. The fourth-order valence-electron chi connectivity index (χ4n) is 4.43. The number of thiophene rings is 1.